The average Bonchev–Trinajstić information content (AvgIpc) is 2.49. The lowest BCUT2D eigenvalue weighted by atomic mass is 9.76. The monoisotopic (exact) mass is 298 g/mol. The number of rotatable bonds is 10. The zero-order valence-corrected chi connectivity index (χ0v) is 14.8. The van der Waals surface area contributed by atoms with Crippen LogP contribution in [0.25, 0.3) is 0 Å². The number of hydrogen-bond acceptors (Lipinski definition) is 3. The van der Waals surface area contributed by atoms with Crippen LogP contribution in [0.2, 0.25) is 0 Å². The normalized spacial score (nSPS) is 26.7. The van der Waals surface area contributed by atoms with Crippen LogP contribution in [0.4, 0.5) is 0 Å². The second kappa shape index (κ2) is 10.6. The molecular formula is C18H38N2O. The number of aliphatic hydroxyl groups excluding tert-OH is 1. The van der Waals surface area contributed by atoms with E-state index in [0.29, 0.717) is 18.7 Å². The van der Waals surface area contributed by atoms with E-state index in [2.05, 4.69) is 37.9 Å². The molecule has 0 aromatic rings. The average molecular weight is 299 g/mol. The van der Waals surface area contributed by atoms with E-state index in [-0.39, 0.29) is 0 Å². The molecule has 0 amide bonds. The summed E-state index contributed by atoms with van der Waals surface area (Å²) in [4.78, 5) is 2.57. The Bertz CT molecular complexity index is 258. The lowest BCUT2D eigenvalue weighted by Gasteiger charge is -2.40. The third-order valence-electron chi connectivity index (χ3n) is 5.13. The molecule has 1 fully saturated rings. The van der Waals surface area contributed by atoms with Gasteiger partial charge in [-0.1, -0.05) is 20.3 Å². The van der Waals surface area contributed by atoms with E-state index in [9.17, 15) is 0 Å². The summed E-state index contributed by atoms with van der Waals surface area (Å²) < 4.78 is 0. The number of hydrogen-bond donors (Lipinski definition) is 2. The van der Waals surface area contributed by atoms with Gasteiger partial charge in [0.05, 0.1) is 0 Å². The van der Waals surface area contributed by atoms with E-state index in [1.807, 2.05) is 0 Å². The second-order valence-corrected chi connectivity index (χ2v) is 7.07. The molecule has 0 radical (unpaired) electrons. The van der Waals surface area contributed by atoms with Crippen molar-refractivity contribution in [2.45, 2.75) is 78.3 Å². The highest BCUT2D eigenvalue weighted by Crippen LogP contribution is 2.32. The molecule has 0 spiro atoms. The summed E-state index contributed by atoms with van der Waals surface area (Å²) in [6.07, 6.45) is 7.56. The number of nitrogens with one attached hydrogen (secondary N) is 1. The van der Waals surface area contributed by atoms with Gasteiger partial charge in [0, 0.05) is 31.8 Å². The van der Waals surface area contributed by atoms with Crippen molar-refractivity contribution in [3.8, 4) is 0 Å². The fourth-order valence-electron chi connectivity index (χ4n) is 3.67. The molecule has 3 unspecified atom stereocenters. The first kappa shape index (κ1) is 18.9. The van der Waals surface area contributed by atoms with Gasteiger partial charge in [-0.3, -0.25) is 0 Å². The minimum Gasteiger partial charge on any atom is -0.396 e. The summed E-state index contributed by atoms with van der Waals surface area (Å²) in [6.45, 7) is 12.8. The van der Waals surface area contributed by atoms with Crippen molar-refractivity contribution >= 4 is 0 Å². The molecule has 3 atom stereocenters. The van der Waals surface area contributed by atoms with E-state index in [1.54, 1.807) is 0 Å². The van der Waals surface area contributed by atoms with E-state index < -0.39 is 0 Å². The van der Waals surface area contributed by atoms with E-state index in [0.717, 1.165) is 31.3 Å². The molecule has 1 saturated carbocycles. The van der Waals surface area contributed by atoms with Crippen molar-refractivity contribution in [3.05, 3.63) is 0 Å². The maximum absolute atomic E-state index is 9.11. The van der Waals surface area contributed by atoms with Crippen LogP contribution in [-0.2, 0) is 0 Å². The fraction of sp³-hybridized carbons (Fsp3) is 1.00. The van der Waals surface area contributed by atoms with Gasteiger partial charge in [0.2, 0.25) is 0 Å². The lowest BCUT2D eigenvalue weighted by molar-refractivity contribution is 0.112. The molecule has 0 bridgehead atoms. The third-order valence-corrected chi connectivity index (χ3v) is 5.13. The van der Waals surface area contributed by atoms with E-state index in [1.165, 1.54) is 38.6 Å². The molecule has 3 heteroatoms. The summed E-state index contributed by atoms with van der Waals surface area (Å²) >= 11 is 0. The molecule has 1 aliphatic carbocycles. The number of aliphatic hydroxyl groups is 1. The summed E-state index contributed by atoms with van der Waals surface area (Å²) in [5.41, 5.74) is 0. The maximum atomic E-state index is 9.11. The van der Waals surface area contributed by atoms with Gasteiger partial charge < -0.3 is 15.3 Å². The largest absolute Gasteiger partial charge is 0.396 e. The van der Waals surface area contributed by atoms with Crippen LogP contribution in [0.1, 0.15) is 66.2 Å². The van der Waals surface area contributed by atoms with Crippen LogP contribution in [-0.4, -0.2) is 48.3 Å². The first-order chi connectivity index (χ1) is 10.1. The lowest BCUT2D eigenvalue weighted by Crippen LogP contribution is -2.47. The molecule has 21 heavy (non-hydrogen) atoms. The predicted octanol–water partition coefficient (Wildman–Crippen LogP) is 3.27. The first-order valence-corrected chi connectivity index (χ1v) is 9.20. The van der Waals surface area contributed by atoms with Crippen molar-refractivity contribution in [1.29, 1.82) is 0 Å². The highest BCUT2D eigenvalue weighted by atomic mass is 16.3. The highest BCUT2D eigenvalue weighted by Gasteiger charge is 2.31. The molecule has 0 aromatic heterocycles. The molecule has 0 aliphatic heterocycles. The van der Waals surface area contributed by atoms with Crippen molar-refractivity contribution in [2.24, 2.45) is 11.8 Å². The first-order valence-electron chi connectivity index (χ1n) is 9.20. The maximum Gasteiger partial charge on any atom is 0.0443 e. The van der Waals surface area contributed by atoms with Gasteiger partial charge in [-0.15, -0.1) is 0 Å². The fourth-order valence-corrected chi connectivity index (χ4v) is 3.67. The molecule has 126 valence electrons. The minimum absolute atomic E-state index is 0.309. The second-order valence-electron chi connectivity index (χ2n) is 7.07. The molecule has 0 heterocycles. The van der Waals surface area contributed by atoms with E-state index >= 15 is 0 Å². The van der Waals surface area contributed by atoms with Crippen LogP contribution in [0.3, 0.4) is 0 Å². The summed E-state index contributed by atoms with van der Waals surface area (Å²) in [5.74, 6) is 1.69. The predicted molar refractivity (Wildman–Crippen MR) is 91.6 cm³/mol. The Labute approximate surface area is 132 Å². The standard InChI is InChI=1S/C18H38N2O/c1-5-10-19-18-9-8-16(6-2)13-17(18)14-20(15(3)4)11-7-12-21/h15-19,21H,5-14H2,1-4H3. The molecular weight excluding hydrogens is 260 g/mol. The van der Waals surface area contributed by atoms with Gasteiger partial charge in [0.25, 0.3) is 0 Å². The number of nitrogens with zero attached hydrogens (tertiary/aromatic N) is 1. The van der Waals surface area contributed by atoms with Crippen molar-refractivity contribution in [1.82, 2.24) is 10.2 Å². The Balaban J connectivity index is 2.61. The third kappa shape index (κ3) is 6.66. The van der Waals surface area contributed by atoms with Gasteiger partial charge in [0.1, 0.15) is 0 Å². The van der Waals surface area contributed by atoms with Gasteiger partial charge in [-0.25, -0.2) is 0 Å². The Morgan fingerprint density at radius 1 is 1.24 bits per heavy atom. The Hall–Kier alpha value is -0.120. The highest BCUT2D eigenvalue weighted by molar-refractivity contribution is 4.87. The smallest absolute Gasteiger partial charge is 0.0443 e. The molecule has 0 saturated heterocycles. The van der Waals surface area contributed by atoms with Crippen LogP contribution in [0, 0.1) is 11.8 Å². The summed E-state index contributed by atoms with van der Waals surface area (Å²) in [7, 11) is 0. The Morgan fingerprint density at radius 3 is 2.57 bits per heavy atom. The van der Waals surface area contributed by atoms with Crippen LogP contribution >= 0.6 is 0 Å². The zero-order valence-electron chi connectivity index (χ0n) is 14.8. The molecule has 0 aromatic carbocycles. The van der Waals surface area contributed by atoms with Crippen LogP contribution in [0.5, 0.6) is 0 Å². The van der Waals surface area contributed by atoms with Crippen LogP contribution in [0.15, 0.2) is 0 Å². The van der Waals surface area contributed by atoms with Gasteiger partial charge in [0.15, 0.2) is 0 Å². The van der Waals surface area contributed by atoms with Gasteiger partial charge in [-0.2, -0.15) is 0 Å². The molecule has 1 rings (SSSR count). The van der Waals surface area contributed by atoms with Gasteiger partial charge in [-0.05, 0) is 64.3 Å². The van der Waals surface area contributed by atoms with Crippen LogP contribution < -0.4 is 5.32 Å². The molecule has 1 aliphatic rings. The minimum atomic E-state index is 0.309. The summed E-state index contributed by atoms with van der Waals surface area (Å²) in [5, 5.41) is 12.9. The SMILES string of the molecule is CCCNC1CCC(CC)CC1CN(CCCO)C(C)C. The van der Waals surface area contributed by atoms with Crippen molar-refractivity contribution in [3.63, 3.8) is 0 Å². The van der Waals surface area contributed by atoms with Gasteiger partial charge >= 0.3 is 0 Å². The molecule has 2 N–H and O–H groups in total. The molecule has 3 nitrogen and oxygen atoms in total. The Kier molecular flexibility index (Phi) is 9.54. The Morgan fingerprint density at radius 2 is 2.00 bits per heavy atom. The van der Waals surface area contributed by atoms with Crippen molar-refractivity contribution < 1.29 is 5.11 Å². The van der Waals surface area contributed by atoms with E-state index in [4.69, 9.17) is 5.11 Å². The van der Waals surface area contributed by atoms with Crippen molar-refractivity contribution in [2.75, 3.05) is 26.2 Å². The topological polar surface area (TPSA) is 35.5 Å². The summed E-state index contributed by atoms with van der Waals surface area (Å²) in [6, 6.07) is 1.27. The quantitative estimate of drug-likeness (QED) is 0.650. The zero-order chi connectivity index (χ0) is 15.7.